The van der Waals surface area contributed by atoms with Gasteiger partial charge in [0.05, 0.1) is 5.56 Å². The maximum absolute atomic E-state index is 11.9. The van der Waals surface area contributed by atoms with Crippen LogP contribution >= 0.6 is 47.8 Å². The predicted octanol–water partition coefficient (Wildman–Crippen LogP) is 4.94. The van der Waals surface area contributed by atoms with E-state index in [0.717, 1.165) is 5.56 Å². The lowest BCUT2D eigenvalue weighted by Crippen LogP contribution is -2.24. The van der Waals surface area contributed by atoms with Gasteiger partial charge in [-0.15, -0.1) is 0 Å². The van der Waals surface area contributed by atoms with Gasteiger partial charge in [-0.2, -0.15) is 0 Å². The van der Waals surface area contributed by atoms with Crippen molar-refractivity contribution in [1.29, 1.82) is 0 Å². The Kier molecular flexibility index (Phi) is 4.83. The van der Waals surface area contributed by atoms with E-state index in [1.165, 1.54) is 0 Å². The Morgan fingerprint density at radius 1 is 1.18 bits per heavy atom. The van der Waals surface area contributed by atoms with E-state index in [1.807, 2.05) is 32.9 Å². The van der Waals surface area contributed by atoms with Crippen LogP contribution in [0.5, 0.6) is 0 Å². The summed E-state index contributed by atoms with van der Waals surface area (Å²) >= 11 is 10.2. The molecule has 0 bridgehead atoms. The van der Waals surface area contributed by atoms with Gasteiger partial charge in [-0.25, -0.2) is 4.79 Å². The van der Waals surface area contributed by atoms with Crippen molar-refractivity contribution in [3.8, 4) is 0 Å². The van der Waals surface area contributed by atoms with Crippen molar-refractivity contribution in [3.63, 3.8) is 0 Å². The molecule has 2 nitrogen and oxygen atoms in total. The zero-order valence-electron chi connectivity index (χ0n) is 9.76. The Morgan fingerprint density at radius 2 is 1.76 bits per heavy atom. The summed E-state index contributed by atoms with van der Waals surface area (Å²) in [5.41, 5.74) is 0.933. The summed E-state index contributed by atoms with van der Waals surface area (Å²) < 4.78 is 4.78. The number of hydrogen-bond acceptors (Lipinski definition) is 2. The van der Waals surface area contributed by atoms with Crippen LogP contribution in [0.25, 0.3) is 0 Å². The maximum atomic E-state index is 11.9. The van der Waals surface area contributed by atoms with Gasteiger partial charge in [0.25, 0.3) is 0 Å². The number of carbonyl (C=O) groups is 1. The second kappa shape index (κ2) is 5.41. The highest BCUT2D eigenvalue weighted by Crippen LogP contribution is 2.44. The lowest BCUT2D eigenvalue weighted by molar-refractivity contribution is 0.00694. The minimum Gasteiger partial charge on any atom is -0.456 e. The number of ether oxygens (including phenoxy) is 1. The lowest BCUT2D eigenvalue weighted by Gasteiger charge is -2.20. The first-order chi connectivity index (χ1) is 7.59. The van der Waals surface area contributed by atoms with Crippen LogP contribution in [0.15, 0.2) is 24.3 Å². The third kappa shape index (κ3) is 5.10. The summed E-state index contributed by atoms with van der Waals surface area (Å²) in [6.45, 7) is 5.54. The minimum absolute atomic E-state index is 0.323. The van der Waals surface area contributed by atoms with Crippen molar-refractivity contribution in [1.82, 2.24) is 0 Å². The molecule has 0 spiro atoms. The van der Waals surface area contributed by atoms with E-state index in [2.05, 4.69) is 47.8 Å². The third-order valence-corrected chi connectivity index (χ3v) is 3.20. The Balaban J connectivity index is 2.97. The Labute approximate surface area is 126 Å². The van der Waals surface area contributed by atoms with Gasteiger partial charge in [0.15, 0.2) is 2.14 Å². The van der Waals surface area contributed by atoms with E-state index in [9.17, 15) is 4.79 Å². The topological polar surface area (TPSA) is 26.3 Å². The number of alkyl halides is 3. The number of halogens is 3. The highest BCUT2D eigenvalue weighted by molar-refractivity contribution is 9.38. The monoisotopic (exact) mass is 426 g/mol. The average molecular weight is 429 g/mol. The minimum atomic E-state index is -0.523. The highest BCUT2D eigenvalue weighted by atomic mass is 80.0. The SMILES string of the molecule is CC(C)(C)OC(=O)c1cccc(C(Br)(Br)Br)c1. The molecule has 0 aliphatic carbocycles. The molecule has 0 aliphatic rings. The summed E-state index contributed by atoms with van der Waals surface area (Å²) in [6, 6.07) is 7.21. The first kappa shape index (κ1) is 15.2. The lowest BCUT2D eigenvalue weighted by atomic mass is 10.1. The van der Waals surface area contributed by atoms with Gasteiger partial charge in [-0.05, 0) is 38.5 Å². The van der Waals surface area contributed by atoms with Gasteiger partial charge in [0.1, 0.15) is 5.60 Å². The van der Waals surface area contributed by atoms with Gasteiger partial charge < -0.3 is 4.74 Å². The Bertz CT molecular complexity index is 416. The normalized spacial score (nSPS) is 12.4. The summed E-state index contributed by atoms with van der Waals surface area (Å²) in [4.78, 5) is 11.9. The van der Waals surface area contributed by atoms with Crippen molar-refractivity contribution in [3.05, 3.63) is 35.4 Å². The van der Waals surface area contributed by atoms with Gasteiger partial charge in [0, 0.05) is 0 Å². The largest absolute Gasteiger partial charge is 0.456 e. The van der Waals surface area contributed by atoms with Crippen LogP contribution in [0.3, 0.4) is 0 Å². The molecule has 0 unspecified atom stereocenters. The van der Waals surface area contributed by atoms with E-state index in [4.69, 9.17) is 4.74 Å². The molecule has 5 heteroatoms. The van der Waals surface area contributed by atoms with Crippen LogP contribution in [0.1, 0.15) is 36.7 Å². The molecular formula is C12H13Br3O2. The van der Waals surface area contributed by atoms with Gasteiger partial charge in [-0.1, -0.05) is 59.9 Å². The summed E-state index contributed by atoms with van der Waals surface area (Å²) in [5.74, 6) is -0.323. The second-order valence-electron chi connectivity index (χ2n) is 4.58. The van der Waals surface area contributed by atoms with E-state index in [1.54, 1.807) is 12.1 Å². The molecule has 0 N–H and O–H groups in total. The Morgan fingerprint density at radius 3 is 2.24 bits per heavy atom. The molecule has 94 valence electrons. The number of benzene rings is 1. The van der Waals surface area contributed by atoms with Crippen LogP contribution in [0.4, 0.5) is 0 Å². The van der Waals surface area contributed by atoms with Gasteiger partial charge in [0.2, 0.25) is 0 Å². The maximum Gasteiger partial charge on any atom is 0.338 e. The number of carbonyl (C=O) groups excluding carboxylic acids is 1. The molecule has 0 aromatic heterocycles. The van der Waals surface area contributed by atoms with Gasteiger partial charge in [-0.3, -0.25) is 0 Å². The van der Waals surface area contributed by atoms with E-state index in [0.29, 0.717) is 5.56 Å². The summed E-state index contributed by atoms with van der Waals surface area (Å²) in [7, 11) is 0. The molecule has 0 heterocycles. The number of hydrogen-bond donors (Lipinski definition) is 0. The quantitative estimate of drug-likeness (QED) is 0.468. The van der Waals surface area contributed by atoms with Crippen molar-refractivity contribution in [2.45, 2.75) is 28.5 Å². The van der Waals surface area contributed by atoms with Crippen LogP contribution < -0.4 is 0 Å². The third-order valence-electron chi connectivity index (χ3n) is 1.82. The molecule has 0 aliphatic heterocycles. The van der Waals surface area contributed by atoms with E-state index in [-0.39, 0.29) is 5.97 Å². The number of esters is 1. The molecule has 0 fully saturated rings. The smallest absolute Gasteiger partial charge is 0.338 e. The van der Waals surface area contributed by atoms with Crippen LogP contribution in [-0.2, 0) is 6.88 Å². The summed E-state index contributed by atoms with van der Waals surface area (Å²) in [5, 5.41) is 0. The van der Waals surface area contributed by atoms with E-state index >= 15 is 0 Å². The first-order valence-electron chi connectivity index (χ1n) is 5.00. The standard InChI is InChI=1S/C12H13Br3O2/c1-11(2,3)17-10(16)8-5-4-6-9(7-8)12(13,14)15/h4-7H,1-3H3. The fraction of sp³-hybridized carbons (Fsp3) is 0.417. The summed E-state index contributed by atoms with van der Waals surface area (Å²) in [6.07, 6.45) is 0. The zero-order valence-corrected chi connectivity index (χ0v) is 14.5. The second-order valence-corrected chi connectivity index (χ2v) is 11.3. The molecule has 0 saturated carbocycles. The van der Waals surface area contributed by atoms with Crippen molar-refractivity contribution >= 4 is 53.8 Å². The van der Waals surface area contributed by atoms with Crippen LogP contribution in [-0.4, -0.2) is 11.6 Å². The molecule has 0 atom stereocenters. The Hall–Kier alpha value is 0.130. The number of rotatable bonds is 1. The zero-order chi connectivity index (χ0) is 13.3. The average Bonchev–Trinajstić information content (AvgIpc) is 2.14. The molecule has 1 rings (SSSR count). The van der Waals surface area contributed by atoms with Crippen molar-refractivity contribution < 1.29 is 9.53 Å². The van der Waals surface area contributed by atoms with Crippen LogP contribution in [0.2, 0.25) is 0 Å². The molecule has 1 aromatic carbocycles. The van der Waals surface area contributed by atoms with Crippen molar-refractivity contribution in [2.24, 2.45) is 0 Å². The van der Waals surface area contributed by atoms with Crippen LogP contribution in [0, 0.1) is 0 Å². The fourth-order valence-electron chi connectivity index (χ4n) is 1.16. The molecule has 0 radical (unpaired) electrons. The first-order valence-corrected chi connectivity index (χ1v) is 7.38. The highest BCUT2D eigenvalue weighted by Gasteiger charge is 2.23. The predicted molar refractivity (Wildman–Crippen MR) is 80.1 cm³/mol. The van der Waals surface area contributed by atoms with Gasteiger partial charge >= 0.3 is 5.97 Å². The molecule has 0 saturated heterocycles. The molecular weight excluding hydrogens is 416 g/mol. The molecule has 1 aromatic rings. The molecule has 0 amide bonds. The van der Waals surface area contributed by atoms with E-state index < -0.39 is 7.74 Å². The van der Waals surface area contributed by atoms with Crippen molar-refractivity contribution in [2.75, 3.05) is 0 Å². The molecule has 17 heavy (non-hydrogen) atoms. The fourth-order valence-corrected chi connectivity index (χ4v) is 1.90.